The molecule has 0 unspecified atom stereocenters. The topological polar surface area (TPSA) is 192 Å². The molecule has 0 fully saturated rings. The molecule has 0 radical (unpaired) electrons. The Labute approximate surface area is 313 Å². The number of hydrogen-bond acceptors (Lipinski definition) is 11. The maximum absolute atomic E-state index is 13.2. The molecule has 0 saturated heterocycles. The monoisotopic (exact) mass is 810 g/mol. The quantitative estimate of drug-likeness (QED) is 0.187. The number of hydrogen-bond donors (Lipinski definition) is 2. The first-order valence-corrected chi connectivity index (χ1v) is 19.8. The van der Waals surface area contributed by atoms with Crippen LogP contribution in [0.25, 0.3) is 0 Å². The molecule has 296 valence electrons. The minimum absolute atomic E-state index is 0.0673. The van der Waals surface area contributed by atoms with Gasteiger partial charge in [0.2, 0.25) is 5.91 Å². The Bertz CT molecular complexity index is 2400. The number of aryl methyl sites for hydroxylation is 2. The number of fused-ring (bicyclic) bond motifs is 2. The van der Waals surface area contributed by atoms with Crippen LogP contribution in [0.3, 0.4) is 0 Å². The van der Waals surface area contributed by atoms with Crippen LogP contribution >= 0.6 is 0 Å². The predicted octanol–water partition coefficient (Wildman–Crippen LogP) is 2.62. The summed E-state index contributed by atoms with van der Waals surface area (Å²) in [4.78, 5) is 14.2. The van der Waals surface area contributed by atoms with E-state index < -0.39 is 51.9 Å². The van der Waals surface area contributed by atoms with Gasteiger partial charge in [-0.2, -0.15) is 45.4 Å². The highest BCUT2D eigenvalue weighted by molar-refractivity contribution is 7.90. The van der Waals surface area contributed by atoms with Crippen molar-refractivity contribution in [2.45, 2.75) is 95.5 Å². The van der Waals surface area contributed by atoms with Crippen molar-refractivity contribution < 1.29 is 44.3 Å². The molecule has 2 N–H and O–H groups in total. The Hall–Kier alpha value is -4.93. The molecule has 7 rings (SSSR count). The second kappa shape index (κ2) is 15.3. The average molecular weight is 811 g/mol. The van der Waals surface area contributed by atoms with Crippen molar-refractivity contribution in [1.82, 2.24) is 48.1 Å². The molecular formula is C33H38F4N10O6S2. The lowest BCUT2D eigenvalue weighted by Crippen LogP contribution is -2.33. The van der Waals surface area contributed by atoms with E-state index >= 15 is 0 Å². The van der Waals surface area contributed by atoms with Crippen molar-refractivity contribution >= 4 is 26.0 Å². The summed E-state index contributed by atoms with van der Waals surface area (Å²) in [6.07, 6.45) is -2.49. The highest BCUT2D eigenvalue weighted by atomic mass is 32.2. The van der Waals surface area contributed by atoms with E-state index in [0.717, 1.165) is 23.1 Å². The van der Waals surface area contributed by atoms with Gasteiger partial charge in [0.15, 0.2) is 0 Å². The molecule has 5 aromatic rings. The average Bonchev–Trinajstić information content (AvgIpc) is 3.94. The number of halogens is 4. The maximum Gasteiger partial charge on any atom is 0.286 e. The van der Waals surface area contributed by atoms with Gasteiger partial charge < -0.3 is 15.3 Å². The maximum atomic E-state index is 13.2. The fourth-order valence-electron chi connectivity index (χ4n) is 6.71. The lowest BCUT2D eigenvalue weighted by atomic mass is 9.98. The third-order valence-electron chi connectivity index (χ3n) is 9.28. The largest absolute Gasteiger partial charge is 0.395 e. The zero-order chi connectivity index (χ0) is 40.0. The van der Waals surface area contributed by atoms with Crippen molar-refractivity contribution in [3.8, 4) is 0 Å². The summed E-state index contributed by atoms with van der Waals surface area (Å²) in [6, 6.07) is 8.91. The number of benzene rings is 1. The van der Waals surface area contributed by atoms with Crippen molar-refractivity contribution in [2.75, 3.05) is 6.61 Å². The van der Waals surface area contributed by atoms with E-state index in [4.69, 9.17) is 0 Å². The molecule has 0 bridgehead atoms. The SMILES string of the molecule is Cc1nn(CC(F)F)c(C)c1S(=O)(=O)n1cc2c(n1)CN(C(=O)[C@H](CO)c1ccccc1)C2.Cc1nn(CC(F)F)c(C)c1S(=O)(=O)n1cc2c(n1)CNC2. The first kappa shape index (κ1) is 39.8. The van der Waals surface area contributed by atoms with Gasteiger partial charge in [-0.1, -0.05) is 30.3 Å². The van der Waals surface area contributed by atoms with Gasteiger partial charge in [0.1, 0.15) is 22.9 Å². The number of nitrogens with one attached hydrogen (secondary N) is 1. The molecule has 1 amide bonds. The number of aliphatic hydroxyl groups is 1. The Balaban J connectivity index is 0.000000203. The van der Waals surface area contributed by atoms with Gasteiger partial charge in [0, 0.05) is 43.2 Å². The molecule has 6 heterocycles. The standard InChI is InChI=1S/C21H23F2N5O4S.C12H15F2N5O2S/c1-13-20(14(2)27(24-13)11-19(22)23)33(31,32)28-9-16-8-26(10-18(16)25-28)21(30)17(12-29)15-6-4-3-5-7-15;1-7-12(8(2)18(16-7)6-11(13)14)22(20,21)19-5-9-3-15-4-10(9)17-19/h3-7,9,17,19,29H,8,10-12H2,1-2H3;5,11,15H,3-4,6H2,1-2H3/t17-;/m1./s1. The predicted molar refractivity (Wildman–Crippen MR) is 186 cm³/mol. The summed E-state index contributed by atoms with van der Waals surface area (Å²) in [7, 11) is -8.10. The molecule has 0 spiro atoms. The van der Waals surface area contributed by atoms with Crippen LogP contribution in [-0.2, 0) is 64.1 Å². The number of rotatable bonds is 11. The normalized spacial score (nSPS) is 14.7. The third kappa shape index (κ3) is 7.67. The smallest absolute Gasteiger partial charge is 0.286 e. The fraction of sp³-hybridized carbons (Fsp3) is 0.424. The number of alkyl halides is 4. The molecule has 2 aliphatic rings. The van der Waals surface area contributed by atoms with E-state index in [-0.39, 0.29) is 58.2 Å². The molecule has 1 atom stereocenters. The van der Waals surface area contributed by atoms with Gasteiger partial charge in [-0.15, -0.1) is 0 Å². The zero-order valence-corrected chi connectivity index (χ0v) is 31.7. The minimum Gasteiger partial charge on any atom is -0.395 e. The minimum atomic E-state index is -4.16. The lowest BCUT2D eigenvalue weighted by Gasteiger charge is -2.22. The van der Waals surface area contributed by atoms with Crippen LogP contribution in [-0.4, -0.2) is 90.1 Å². The zero-order valence-electron chi connectivity index (χ0n) is 30.1. The van der Waals surface area contributed by atoms with E-state index in [1.54, 1.807) is 24.3 Å². The van der Waals surface area contributed by atoms with Gasteiger partial charge in [-0.05, 0) is 33.3 Å². The number of carbonyl (C=O) groups is 1. The molecular weight excluding hydrogens is 773 g/mol. The fourth-order valence-corrected chi connectivity index (χ4v) is 9.81. The lowest BCUT2D eigenvalue weighted by molar-refractivity contribution is -0.134. The Morgan fingerprint density at radius 3 is 1.73 bits per heavy atom. The van der Waals surface area contributed by atoms with Gasteiger partial charge in [0.25, 0.3) is 32.9 Å². The Morgan fingerprint density at radius 2 is 1.25 bits per heavy atom. The molecule has 22 heteroatoms. The van der Waals surface area contributed by atoms with E-state index in [1.165, 1.54) is 45.0 Å². The summed E-state index contributed by atoms with van der Waals surface area (Å²) in [5, 5.41) is 28.9. The molecule has 2 aliphatic heterocycles. The van der Waals surface area contributed by atoms with E-state index in [1.807, 2.05) is 6.07 Å². The van der Waals surface area contributed by atoms with Crippen LogP contribution in [0.4, 0.5) is 17.6 Å². The summed E-state index contributed by atoms with van der Waals surface area (Å²) >= 11 is 0. The van der Waals surface area contributed by atoms with Gasteiger partial charge in [0.05, 0.1) is 53.2 Å². The summed E-state index contributed by atoms with van der Waals surface area (Å²) in [5.41, 5.74) is 3.76. The highest BCUT2D eigenvalue weighted by Gasteiger charge is 2.35. The second-order valence-corrected chi connectivity index (χ2v) is 16.5. The third-order valence-corrected chi connectivity index (χ3v) is 12.8. The van der Waals surface area contributed by atoms with Gasteiger partial charge in [-0.3, -0.25) is 14.2 Å². The highest BCUT2D eigenvalue weighted by Crippen LogP contribution is 2.30. The summed E-state index contributed by atoms with van der Waals surface area (Å²) in [6.45, 7) is 5.45. The molecule has 0 aliphatic carbocycles. The van der Waals surface area contributed by atoms with Crippen molar-refractivity contribution in [3.63, 3.8) is 0 Å². The molecule has 1 aromatic carbocycles. The number of amides is 1. The summed E-state index contributed by atoms with van der Waals surface area (Å²) in [5.74, 6) is -1.01. The molecule has 55 heavy (non-hydrogen) atoms. The number of nitrogens with zero attached hydrogens (tertiary/aromatic N) is 9. The first-order chi connectivity index (χ1) is 25.9. The van der Waals surface area contributed by atoms with Crippen LogP contribution in [0.2, 0.25) is 0 Å². The van der Waals surface area contributed by atoms with Crippen molar-refractivity contribution in [1.29, 1.82) is 0 Å². The van der Waals surface area contributed by atoms with Crippen LogP contribution in [0, 0.1) is 27.7 Å². The first-order valence-electron chi connectivity index (χ1n) is 16.9. The second-order valence-electron chi connectivity index (χ2n) is 13.0. The Morgan fingerprint density at radius 1 is 0.745 bits per heavy atom. The van der Waals surface area contributed by atoms with E-state index in [0.29, 0.717) is 35.6 Å². The van der Waals surface area contributed by atoms with Gasteiger partial charge in [-0.25, -0.2) is 17.6 Å². The van der Waals surface area contributed by atoms with Crippen LogP contribution in [0.5, 0.6) is 0 Å². The molecule has 16 nitrogen and oxygen atoms in total. The summed E-state index contributed by atoms with van der Waals surface area (Å²) < 4.78 is 106. The Kier molecular flexibility index (Phi) is 11.1. The molecule has 0 saturated carbocycles. The molecule has 4 aromatic heterocycles. The van der Waals surface area contributed by atoms with Crippen LogP contribution in [0.15, 0.2) is 52.5 Å². The van der Waals surface area contributed by atoms with Crippen LogP contribution < -0.4 is 5.32 Å². The van der Waals surface area contributed by atoms with Crippen LogP contribution in [0.1, 0.15) is 56.8 Å². The number of aromatic nitrogens is 8. The van der Waals surface area contributed by atoms with Crippen molar-refractivity contribution in [3.05, 3.63) is 93.6 Å². The van der Waals surface area contributed by atoms with Gasteiger partial charge >= 0.3 is 0 Å². The van der Waals surface area contributed by atoms with Crippen molar-refractivity contribution in [2.24, 2.45) is 0 Å². The van der Waals surface area contributed by atoms with E-state index in [9.17, 15) is 44.3 Å². The number of carbonyl (C=O) groups excluding carboxylic acids is 1. The number of aliphatic hydroxyl groups excluding tert-OH is 1. The van der Waals surface area contributed by atoms with E-state index in [2.05, 4.69) is 25.7 Å².